The summed E-state index contributed by atoms with van der Waals surface area (Å²) in [5.74, 6) is 0.833. The van der Waals surface area contributed by atoms with Gasteiger partial charge in [0, 0.05) is 32.7 Å². The number of alkyl carbamates (subject to hydrolysis) is 1. The molecule has 1 aromatic rings. The van der Waals surface area contributed by atoms with E-state index in [0.29, 0.717) is 18.3 Å². The zero-order chi connectivity index (χ0) is 38.4. The quantitative estimate of drug-likeness (QED) is 0.178. The standard InChI is InChI=1S/C13H15F3N2O2.C8H15NO2.C7H15NO.C4H10.CH3NO.CH5N/c14-13(15,16)9-4-5-11(10(8-9)17-12(19)20)18-6-2-1-3-7-18;1-2-9-8(10)11-7-5-3-4-6-7;1-4-5-7(2)8(3)6-9;1-4(2)3;2-1-3;1-2/h4-5,8,17H,1-3,6-7H2,(H,19,20);7H,2-6H2,1H3,(H,9,10);6-7H,4-5H2,1-3H3;4H,1-3H3;1H,(H2,2,3);2H2,1H3. The maximum absolute atomic E-state index is 12.7. The van der Waals surface area contributed by atoms with Crippen molar-refractivity contribution >= 4 is 36.4 Å². The number of primary amides is 1. The number of carbonyl (C=O) groups is 4. The van der Waals surface area contributed by atoms with Crippen molar-refractivity contribution < 1.29 is 42.2 Å². The number of amides is 4. The minimum Gasteiger partial charge on any atom is -0.465 e. The lowest BCUT2D eigenvalue weighted by Gasteiger charge is -2.30. The molecule has 1 aromatic carbocycles. The Morgan fingerprint density at radius 2 is 1.55 bits per heavy atom. The molecule has 7 N–H and O–H groups in total. The second kappa shape index (κ2) is 30.3. The van der Waals surface area contributed by atoms with Crippen molar-refractivity contribution in [1.29, 1.82) is 0 Å². The van der Waals surface area contributed by atoms with Crippen LogP contribution < -0.4 is 27.0 Å². The van der Waals surface area contributed by atoms with Gasteiger partial charge in [-0.3, -0.25) is 14.9 Å². The number of piperidine rings is 1. The number of hydrogen-bond acceptors (Lipinski definition) is 7. The van der Waals surface area contributed by atoms with Gasteiger partial charge < -0.3 is 36.4 Å². The van der Waals surface area contributed by atoms with E-state index in [0.717, 1.165) is 82.5 Å². The maximum atomic E-state index is 12.7. The smallest absolute Gasteiger partial charge is 0.416 e. The van der Waals surface area contributed by atoms with Gasteiger partial charge in [0.25, 0.3) is 0 Å². The van der Waals surface area contributed by atoms with E-state index in [9.17, 15) is 27.6 Å². The van der Waals surface area contributed by atoms with E-state index in [1.54, 1.807) is 4.90 Å². The van der Waals surface area contributed by atoms with Crippen LogP contribution in [0.15, 0.2) is 18.2 Å². The number of ether oxygens (including phenoxy) is 1. The van der Waals surface area contributed by atoms with Crippen LogP contribution in [0.4, 0.5) is 34.1 Å². The Hall–Kier alpha value is -3.75. The third kappa shape index (κ3) is 26.8. The van der Waals surface area contributed by atoms with Crippen molar-refractivity contribution in [3.63, 3.8) is 0 Å². The molecule has 2 aliphatic rings. The summed E-state index contributed by atoms with van der Waals surface area (Å²) in [5, 5.41) is 13.4. The zero-order valence-electron chi connectivity index (χ0n) is 30.8. The van der Waals surface area contributed by atoms with Gasteiger partial charge in [0.15, 0.2) is 0 Å². The van der Waals surface area contributed by atoms with Crippen molar-refractivity contribution in [2.75, 3.05) is 43.9 Å². The molecular formula is C34H63F3N6O6. The first kappa shape index (κ1) is 49.6. The van der Waals surface area contributed by atoms with Gasteiger partial charge in [-0.2, -0.15) is 13.2 Å². The average Bonchev–Trinajstić information content (AvgIpc) is 3.55. The molecule has 0 spiro atoms. The Morgan fingerprint density at radius 1 is 1.04 bits per heavy atom. The minimum absolute atomic E-state index is 0.0192. The second-order valence-electron chi connectivity index (χ2n) is 11.8. The first-order valence-corrected chi connectivity index (χ1v) is 16.9. The Balaban J connectivity index is -0.000000619. The molecule has 0 aromatic heterocycles. The van der Waals surface area contributed by atoms with Gasteiger partial charge in [-0.25, -0.2) is 9.59 Å². The lowest BCUT2D eigenvalue weighted by atomic mass is 10.1. The van der Waals surface area contributed by atoms with Crippen LogP contribution in [0.2, 0.25) is 0 Å². The Morgan fingerprint density at radius 3 is 1.96 bits per heavy atom. The van der Waals surface area contributed by atoms with Crippen LogP contribution in [-0.4, -0.2) is 80.9 Å². The summed E-state index contributed by atoms with van der Waals surface area (Å²) in [4.78, 5) is 44.0. The zero-order valence-corrected chi connectivity index (χ0v) is 30.8. The van der Waals surface area contributed by atoms with Gasteiger partial charge >= 0.3 is 18.4 Å². The summed E-state index contributed by atoms with van der Waals surface area (Å²) >= 11 is 0. The lowest BCUT2D eigenvalue weighted by Crippen LogP contribution is -2.30. The van der Waals surface area contributed by atoms with Crippen molar-refractivity contribution in [2.24, 2.45) is 17.4 Å². The van der Waals surface area contributed by atoms with E-state index in [4.69, 9.17) is 14.6 Å². The number of nitrogens with two attached hydrogens (primary N) is 2. The molecule has 1 saturated heterocycles. The van der Waals surface area contributed by atoms with Crippen molar-refractivity contribution in [1.82, 2.24) is 10.2 Å². The molecule has 2 fully saturated rings. The fourth-order valence-corrected chi connectivity index (χ4v) is 4.41. The van der Waals surface area contributed by atoms with E-state index in [2.05, 4.69) is 56.7 Å². The summed E-state index contributed by atoms with van der Waals surface area (Å²) in [5.41, 5.74) is 8.29. The molecule has 49 heavy (non-hydrogen) atoms. The molecule has 1 aliphatic carbocycles. The van der Waals surface area contributed by atoms with Crippen LogP contribution >= 0.6 is 0 Å². The fraction of sp³-hybridized carbons (Fsp3) is 0.706. The number of nitrogens with zero attached hydrogens (tertiary/aromatic N) is 2. The first-order valence-electron chi connectivity index (χ1n) is 16.9. The number of anilines is 2. The molecule has 1 heterocycles. The highest BCUT2D eigenvalue weighted by molar-refractivity contribution is 5.89. The fourth-order valence-electron chi connectivity index (χ4n) is 4.41. The van der Waals surface area contributed by atoms with Gasteiger partial charge in [-0.05, 0) is 96.4 Å². The Bertz CT molecular complexity index is 1000. The van der Waals surface area contributed by atoms with Crippen LogP contribution in [0.25, 0.3) is 0 Å². The summed E-state index contributed by atoms with van der Waals surface area (Å²) < 4.78 is 43.2. The summed E-state index contributed by atoms with van der Waals surface area (Å²) in [6, 6.07) is 3.56. The number of carbonyl (C=O) groups excluding carboxylic acids is 3. The number of carboxylic acid groups (broad SMARTS) is 1. The molecule has 4 amide bonds. The number of halogens is 3. The molecule has 1 unspecified atom stereocenters. The predicted molar refractivity (Wildman–Crippen MR) is 191 cm³/mol. The molecule has 15 heteroatoms. The van der Waals surface area contributed by atoms with E-state index in [-0.39, 0.29) is 24.3 Å². The van der Waals surface area contributed by atoms with Crippen LogP contribution in [0, 0.1) is 5.92 Å². The SMILES string of the molecule is CC(C)C.CCCC(C)N(C)C=O.CCNC(=O)OC1CCCC1.CN.NC=O.O=C(O)Nc1cc(C(F)(F)F)ccc1N1CCCCC1. The highest BCUT2D eigenvalue weighted by Crippen LogP contribution is 2.36. The molecule has 0 radical (unpaired) electrons. The molecule has 1 saturated carbocycles. The third-order valence-corrected chi connectivity index (χ3v) is 6.73. The maximum Gasteiger partial charge on any atom is 0.416 e. The van der Waals surface area contributed by atoms with Crippen LogP contribution in [-0.2, 0) is 20.5 Å². The minimum atomic E-state index is -4.49. The largest absolute Gasteiger partial charge is 0.465 e. The molecule has 12 nitrogen and oxygen atoms in total. The Kier molecular flexibility index (Phi) is 30.7. The Labute approximate surface area is 291 Å². The van der Waals surface area contributed by atoms with Crippen molar-refractivity contribution in [3.8, 4) is 0 Å². The number of nitrogens with one attached hydrogen (secondary N) is 2. The number of alkyl halides is 3. The highest BCUT2D eigenvalue weighted by Gasteiger charge is 2.32. The predicted octanol–water partition coefficient (Wildman–Crippen LogP) is 7.06. The molecule has 286 valence electrons. The molecular weight excluding hydrogens is 645 g/mol. The van der Waals surface area contributed by atoms with Gasteiger partial charge in [0.05, 0.1) is 16.9 Å². The van der Waals surface area contributed by atoms with Crippen molar-refractivity contribution in [3.05, 3.63) is 23.8 Å². The van der Waals surface area contributed by atoms with Gasteiger partial charge in [-0.1, -0.05) is 34.1 Å². The van der Waals surface area contributed by atoms with Gasteiger partial charge in [-0.15, -0.1) is 0 Å². The first-order chi connectivity index (χ1) is 23.1. The van der Waals surface area contributed by atoms with Crippen LogP contribution in [0.5, 0.6) is 0 Å². The van der Waals surface area contributed by atoms with Crippen LogP contribution in [0.3, 0.4) is 0 Å². The van der Waals surface area contributed by atoms with E-state index >= 15 is 0 Å². The average molecular weight is 709 g/mol. The van der Waals surface area contributed by atoms with Gasteiger partial charge in [0.1, 0.15) is 6.10 Å². The molecule has 1 aliphatic heterocycles. The van der Waals surface area contributed by atoms with Crippen molar-refractivity contribution in [2.45, 2.75) is 118 Å². The second-order valence-corrected chi connectivity index (χ2v) is 11.8. The van der Waals surface area contributed by atoms with Gasteiger partial charge in [0.2, 0.25) is 12.8 Å². The number of benzene rings is 1. The molecule has 1 atom stereocenters. The summed E-state index contributed by atoms with van der Waals surface area (Å²) in [6.45, 7) is 14.6. The summed E-state index contributed by atoms with van der Waals surface area (Å²) in [7, 11) is 3.31. The van der Waals surface area contributed by atoms with E-state index < -0.39 is 17.8 Å². The number of hydrogen-bond donors (Lipinski definition) is 5. The lowest BCUT2D eigenvalue weighted by molar-refractivity contribution is -0.137. The van der Waals surface area contributed by atoms with E-state index in [1.165, 1.54) is 26.0 Å². The topological polar surface area (TPSA) is 180 Å². The van der Waals surface area contributed by atoms with E-state index in [1.807, 2.05) is 18.9 Å². The highest BCUT2D eigenvalue weighted by atomic mass is 19.4. The third-order valence-electron chi connectivity index (χ3n) is 6.73. The summed E-state index contributed by atoms with van der Waals surface area (Å²) in [6.07, 6.45) is 4.87. The van der Waals surface area contributed by atoms with Crippen LogP contribution in [0.1, 0.15) is 105 Å². The normalized spacial score (nSPS) is 14.1. The molecule has 0 bridgehead atoms. The number of rotatable bonds is 8. The monoisotopic (exact) mass is 708 g/mol. The molecule has 3 rings (SSSR count).